The van der Waals surface area contributed by atoms with Gasteiger partial charge in [-0.1, -0.05) is 54.0 Å². The van der Waals surface area contributed by atoms with Crippen LogP contribution in [0.5, 0.6) is 0 Å². The van der Waals surface area contributed by atoms with Crippen LogP contribution in [0.3, 0.4) is 0 Å². The number of nitrogens with zero attached hydrogens (tertiary/aromatic N) is 2. The fourth-order valence-corrected chi connectivity index (χ4v) is 12.1. The number of hydrogen-bond acceptors (Lipinski definition) is 5. The molecule has 6 fully saturated rings. The first kappa shape index (κ1) is 26.4. The molecule has 2 heterocycles. The quantitative estimate of drug-likeness (QED) is 0.409. The molecular formula is C34H48N2O3. The van der Waals surface area contributed by atoms with Crippen molar-refractivity contribution in [3.8, 4) is 6.07 Å². The average Bonchev–Trinajstić information content (AvgIpc) is 3.62. The third kappa shape index (κ3) is 2.85. The number of epoxide rings is 1. The van der Waals surface area contributed by atoms with Gasteiger partial charge in [-0.3, -0.25) is 9.59 Å². The second kappa shape index (κ2) is 7.65. The number of rotatable bonds is 2. The highest BCUT2D eigenvalue weighted by Crippen LogP contribution is 2.77. The Morgan fingerprint density at radius 1 is 1.03 bits per heavy atom. The van der Waals surface area contributed by atoms with Crippen LogP contribution in [0.25, 0.3) is 0 Å². The maximum atomic E-state index is 14.7. The van der Waals surface area contributed by atoms with Crippen molar-refractivity contribution in [3.05, 3.63) is 11.6 Å². The molecule has 7 rings (SSSR count). The number of allylic oxidation sites excluding steroid dienone is 1. The Morgan fingerprint density at radius 3 is 2.38 bits per heavy atom. The summed E-state index contributed by atoms with van der Waals surface area (Å²) in [6, 6.07) is 2.30. The average molecular weight is 533 g/mol. The van der Waals surface area contributed by atoms with Crippen molar-refractivity contribution >= 4 is 11.6 Å². The lowest BCUT2D eigenvalue weighted by molar-refractivity contribution is -0.185. The minimum absolute atomic E-state index is 0.0401. The molecule has 0 spiro atoms. The van der Waals surface area contributed by atoms with E-state index >= 15 is 0 Å². The van der Waals surface area contributed by atoms with Crippen LogP contribution in [0.15, 0.2) is 11.6 Å². The largest absolute Gasteiger partial charge is 0.342 e. The number of hydrogen-bond donors (Lipinski definition) is 0. The SMILES string of the molecule is C[C@@H]1[C@H]2[C@H]3C(=O)C=C4[C@@]5(C)C6O[C@@]6(C#N)C(=O)C(C)(C)[C@@H]5CC[C@@]4(C)[C@]3(C)CC[C@@]2(CN2CCC2)CC[C@H]1C. The maximum absolute atomic E-state index is 14.7. The molecule has 0 radical (unpaired) electrons. The topological polar surface area (TPSA) is 73.7 Å². The summed E-state index contributed by atoms with van der Waals surface area (Å²) in [5.41, 5.74) is -1.33. The Bertz CT molecular complexity index is 1230. The Balaban J connectivity index is 1.37. The van der Waals surface area contributed by atoms with Gasteiger partial charge in [0.15, 0.2) is 11.6 Å². The van der Waals surface area contributed by atoms with E-state index in [1.54, 1.807) is 0 Å². The van der Waals surface area contributed by atoms with Crippen molar-refractivity contribution in [2.45, 2.75) is 105 Å². The van der Waals surface area contributed by atoms with E-state index in [1.807, 2.05) is 13.8 Å². The summed E-state index contributed by atoms with van der Waals surface area (Å²) in [6.07, 6.45) is 9.68. The van der Waals surface area contributed by atoms with Crippen molar-refractivity contribution in [2.75, 3.05) is 19.6 Å². The molecule has 0 aromatic rings. The van der Waals surface area contributed by atoms with Gasteiger partial charge in [0.2, 0.25) is 5.60 Å². The van der Waals surface area contributed by atoms with Crippen LogP contribution >= 0.6 is 0 Å². The Morgan fingerprint density at radius 2 is 1.74 bits per heavy atom. The van der Waals surface area contributed by atoms with Gasteiger partial charge in [0.05, 0.1) is 0 Å². The minimum Gasteiger partial charge on any atom is -0.342 e. The van der Waals surface area contributed by atoms with Gasteiger partial charge in [0.25, 0.3) is 0 Å². The normalized spacial score (nSPS) is 55.5. The highest BCUT2D eigenvalue weighted by molar-refractivity contribution is 6.01. The molecule has 39 heavy (non-hydrogen) atoms. The molecule has 7 aliphatic rings. The standard InChI is InChI=1S/C34H48N2O3/c1-20-9-12-33(19-36-15-8-16-36)14-13-31(6)26(25(33)21(20)2)22(37)17-24-30(31,5)11-10-23-29(3,4)27(38)34(18-35)28(39-34)32(23,24)7/h17,20-21,23,25-26,28H,8-16,19H2,1-7H3/t20-,21+,23+,25+,26-,28?,30-,31-,32+,33-,34+/m1/s1. The number of Topliss-reactive ketones (excluding diaryl/α,β-unsaturated/α-hetero) is 1. The molecule has 0 amide bonds. The molecule has 0 bridgehead atoms. The molecule has 0 aromatic carbocycles. The summed E-state index contributed by atoms with van der Waals surface area (Å²) in [4.78, 5) is 30.9. The summed E-state index contributed by atoms with van der Waals surface area (Å²) in [5.74, 6) is 1.96. The zero-order chi connectivity index (χ0) is 28.0. The van der Waals surface area contributed by atoms with Crippen LogP contribution in [-0.4, -0.2) is 47.8 Å². The van der Waals surface area contributed by atoms with Gasteiger partial charge in [-0.05, 0) is 104 Å². The number of carbonyl (C=O) groups is 2. The fraction of sp³-hybridized carbons (Fsp3) is 0.853. The lowest BCUT2D eigenvalue weighted by Crippen LogP contribution is -2.68. The maximum Gasteiger partial charge on any atom is 0.240 e. The monoisotopic (exact) mass is 532 g/mol. The molecule has 2 aliphatic heterocycles. The van der Waals surface area contributed by atoms with E-state index in [0.717, 1.165) is 19.3 Å². The van der Waals surface area contributed by atoms with Crippen LogP contribution in [0.1, 0.15) is 93.4 Å². The summed E-state index contributed by atoms with van der Waals surface area (Å²) in [6.45, 7) is 19.6. The number of carbonyl (C=O) groups excluding carboxylic acids is 2. The lowest BCUT2D eigenvalue weighted by atomic mass is 9.33. The first-order chi connectivity index (χ1) is 18.2. The fourth-order valence-electron chi connectivity index (χ4n) is 12.1. The molecule has 5 aliphatic carbocycles. The highest BCUT2D eigenvalue weighted by atomic mass is 16.6. The molecule has 212 valence electrons. The Labute approximate surface area is 235 Å². The molecule has 0 aromatic heterocycles. The third-order valence-electron chi connectivity index (χ3n) is 14.7. The number of ether oxygens (including phenoxy) is 1. The van der Waals surface area contributed by atoms with Crippen molar-refractivity contribution in [1.29, 1.82) is 5.26 Å². The van der Waals surface area contributed by atoms with Crippen LogP contribution in [0, 0.1) is 68.0 Å². The van der Waals surface area contributed by atoms with Crippen LogP contribution in [0.2, 0.25) is 0 Å². The van der Waals surface area contributed by atoms with Gasteiger partial charge in [-0.15, -0.1) is 0 Å². The molecule has 0 N–H and O–H groups in total. The number of fused-ring (bicyclic) bond motifs is 9. The van der Waals surface area contributed by atoms with Crippen LogP contribution in [0.4, 0.5) is 0 Å². The van der Waals surface area contributed by atoms with Crippen LogP contribution < -0.4 is 0 Å². The van der Waals surface area contributed by atoms with Gasteiger partial charge in [0, 0.05) is 23.3 Å². The van der Waals surface area contributed by atoms with E-state index in [-0.39, 0.29) is 33.9 Å². The first-order valence-corrected chi connectivity index (χ1v) is 15.9. The third-order valence-corrected chi connectivity index (χ3v) is 14.7. The van der Waals surface area contributed by atoms with E-state index in [2.05, 4.69) is 51.7 Å². The van der Waals surface area contributed by atoms with Gasteiger partial charge >= 0.3 is 0 Å². The number of likely N-dealkylation sites (tertiary alicyclic amines) is 1. The minimum atomic E-state index is -1.35. The zero-order valence-corrected chi connectivity index (χ0v) is 25.2. The van der Waals surface area contributed by atoms with Gasteiger partial charge in [-0.2, -0.15) is 5.26 Å². The Kier molecular flexibility index (Phi) is 5.18. The van der Waals surface area contributed by atoms with E-state index in [0.29, 0.717) is 23.5 Å². The first-order valence-electron chi connectivity index (χ1n) is 15.9. The zero-order valence-electron chi connectivity index (χ0n) is 25.2. The summed E-state index contributed by atoms with van der Waals surface area (Å²) < 4.78 is 6.16. The van der Waals surface area contributed by atoms with Crippen molar-refractivity contribution in [3.63, 3.8) is 0 Å². The molecule has 5 nitrogen and oxygen atoms in total. The van der Waals surface area contributed by atoms with Gasteiger partial charge in [0.1, 0.15) is 12.2 Å². The second-order valence-corrected chi connectivity index (χ2v) is 16.4. The van der Waals surface area contributed by atoms with Crippen molar-refractivity contribution < 1.29 is 14.3 Å². The van der Waals surface area contributed by atoms with Gasteiger partial charge in [-0.25, -0.2) is 0 Å². The van der Waals surface area contributed by atoms with E-state index in [4.69, 9.17) is 4.74 Å². The number of ketones is 2. The Hall–Kier alpha value is -1.51. The summed E-state index contributed by atoms with van der Waals surface area (Å²) in [7, 11) is 0. The predicted molar refractivity (Wildman–Crippen MR) is 149 cm³/mol. The second-order valence-electron chi connectivity index (χ2n) is 16.4. The summed E-state index contributed by atoms with van der Waals surface area (Å²) >= 11 is 0. The lowest BCUT2D eigenvalue weighted by Gasteiger charge is -2.70. The number of nitriles is 1. The smallest absolute Gasteiger partial charge is 0.240 e. The van der Waals surface area contributed by atoms with E-state index < -0.39 is 22.5 Å². The predicted octanol–water partition coefficient (Wildman–Crippen LogP) is 5.98. The van der Waals surface area contributed by atoms with Crippen molar-refractivity contribution in [2.24, 2.45) is 56.7 Å². The molecule has 1 unspecified atom stereocenters. The van der Waals surface area contributed by atoms with E-state index in [9.17, 15) is 14.9 Å². The van der Waals surface area contributed by atoms with Gasteiger partial charge < -0.3 is 9.64 Å². The van der Waals surface area contributed by atoms with Crippen molar-refractivity contribution in [1.82, 2.24) is 4.90 Å². The van der Waals surface area contributed by atoms with Crippen LogP contribution in [-0.2, 0) is 14.3 Å². The highest BCUT2D eigenvalue weighted by Gasteiger charge is 2.82. The molecular weight excluding hydrogens is 484 g/mol. The molecule has 11 atom stereocenters. The van der Waals surface area contributed by atoms with E-state index in [1.165, 1.54) is 50.9 Å². The molecule has 5 heteroatoms. The molecule has 4 saturated carbocycles. The molecule has 2 saturated heterocycles. The summed E-state index contributed by atoms with van der Waals surface area (Å²) in [5, 5.41) is 10.2.